The van der Waals surface area contributed by atoms with Crippen molar-refractivity contribution in [3.05, 3.63) is 62.8 Å². The third-order valence-electron chi connectivity index (χ3n) is 3.18. The zero-order valence-electron chi connectivity index (χ0n) is 11.0. The first-order chi connectivity index (χ1) is 9.08. The highest BCUT2D eigenvalue weighted by Crippen LogP contribution is 2.26. The molecule has 0 aliphatic rings. The summed E-state index contributed by atoms with van der Waals surface area (Å²) in [5, 5.41) is 4.25. The maximum atomic E-state index is 6.26. The molecule has 2 nitrogen and oxygen atoms in total. The number of benzene rings is 1. The number of hydrogen-bond donors (Lipinski definition) is 1. The molecular formula is C15H16BrClN2. The maximum absolute atomic E-state index is 6.26. The molecule has 2 rings (SSSR count). The summed E-state index contributed by atoms with van der Waals surface area (Å²) >= 11 is 9.67. The topological polar surface area (TPSA) is 24.9 Å². The molecule has 0 radical (unpaired) electrons. The number of hydrogen-bond acceptors (Lipinski definition) is 2. The molecule has 1 unspecified atom stereocenters. The predicted octanol–water partition coefficient (Wildman–Crippen LogP) is 4.66. The van der Waals surface area contributed by atoms with Crippen molar-refractivity contribution < 1.29 is 0 Å². The summed E-state index contributed by atoms with van der Waals surface area (Å²) in [6, 6.07) is 8.19. The fourth-order valence-electron chi connectivity index (χ4n) is 1.91. The Kier molecular flexibility index (Phi) is 4.97. The highest BCUT2D eigenvalue weighted by Gasteiger charge is 2.10. The Morgan fingerprint density at radius 2 is 2.16 bits per heavy atom. The molecule has 0 aliphatic carbocycles. The second-order valence-electron chi connectivity index (χ2n) is 4.57. The van der Waals surface area contributed by atoms with E-state index >= 15 is 0 Å². The minimum absolute atomic E-state index is 0.195. The van der Waals surface area contributed by atoms with Gasteiger partial charge < -0.3 is 5.32 Å². The van der Waals surface area contributed by atoms with E-state index in [9.17, 15) is 0 Å². The number of aryl methyl sites for hydroxylation is 1. The summed E-state index contributed by atoms with van der Waals surface area (Å²) in [6.45, 7) is 4.99. The van der Waals surface area contributed by atoms with Gasteiger partial charge in [-0.25, -0.2) is 0 Å². The Hall–Kier alpha value is -0.900. The summed E-state index contributed by atoms with van der Waals surface area (Å²) in [4.78, 5) is 4.15. The number of nitrogens with one attached hydrogen (secondary N) is 1. The normalized spacial score (nSPS) is 12.4. The van der Waals surface area contributed by atoms with E-state index in [0.29, 0.717) is 0 Å². The van der Waals surface area contributed by atoms with Gasteiger partial charge in [0.1, 0.15) is 0 Å². The fraction of sp³-hybridized carbons (Fsp3) is 0.267. The van der Waals surface area contributed by atoms with Crippen LogP contribution in [0, 0.1) is 6.92 Å². The number of pyridine rings is 1. The van der Waals surface area contributed by atoms with Crippen LogP contribution in [0.2, 0.25) is 5.02 Å². The lowest BCUT2D eigenvalue weighted by Gasteiger charge is -2.16. The average molecular weight is 340 g/mol. The molecule has 100 valence electrons. The van der Waals surface area contributed by atoms with Crippen LogP contribution in [-0.4, -0.2) is 4.98 Å². The van der Waals surface area contributed by atoms with E-state index in [2.05, 4.69) is 40.1 Å². The van der Waals surface area contributed by atoms with E-state index in [1.54, 1.807) is 0 Å². The van der Waals surface area contributed by atoms with Gasteiger partial charge >= 0.3 is 0 Å². The number of rotatable bonds is 4. The Morgan fingerprint density at radius 3 is 2.84 bits per heavy atom. The van der Waals surface area contributed by atoms with Gasteiger partial charge in [0.2, 0.25) is 0 Å². The van der Waals surface area contributed by atoms with Crippen molar-refractivity contribution in [2.45, 2.75) is 26.4 Å². The molecular weight excluding hydrogens is 324 g/mol. The molecule has 1 atom stereocenters. The van der Waals surface area contributed by atoms with Crippen molar-refractivity contribution in [2.75, 3.05) is 0 Å². The SMILES string of the molecule is Cc1ccncc1CNC(C)c1ccc(Br)cc1Cl. The van der Waals surface area contributed by atoms with E-state index in [0.717, 1.165) is 21.6 Å². The monoisotopic (exact) mass is 338 g/mol. The first-order valence-corrected chi connectivity index (χ1v) is 7.33. The first kappa shape index (κ1) is 14.5. The smallest absolute Gasteiger partial charge is 0.0464 e. The Morgan fingerprint density at radius 1 is 1.37 bits per heavy atom. The van der Waals surface area contributed by atoms with Crippen LogP contribution in [0.4, 0.5) is 0 Å². The second-order valence-corrected chi connectivity index (χ2v) is 5.89. The lowest BCUT2D eigenvalue weighted by Crippen LogP contribution is -2.19. The minimum Gasteiger partial charge on any atom is -0.306 e. The third-order valence-corrected chi connectivity index (χ3v) is 4.00. The molecule has 1 heterocycles. The Bertz CT molecular complexity index is 572. The molecule has 1 N–H and O–H groups in total. The van der Waals surface area contributed by atoms with E-state index in [-0.39, 0.29) is 6.04 Å². The number of nitrogens with zero attached hydrogens (tertiary/aromatic N) is 1. The van der Waals surface area contributed by atoms with Gasteiger partial charge in [0.15, 0.2) is 0 Å². The fourth-order valence-corrected chi connectivity index (χ4v) is 2.74. The minimum atomic E-state index is 0.195. The molecule has 0 aliphatic heterocycles. The van der Waals surface area contributed by atoms with Crippen LogP contribution in [-0.2, 0) is 6.54 Å². The zero-order valence-corrected chi connectivity index (χ0v) is 13.3. The van der Waals surface area contributed by atoms with Gasteiger partial charge in [0.05, 0.1) is 0 Å². The van der Waals surface area contributed by atoms with Crippen molar-refractivity contribution in [1.82, 2.24) is 10.3 Å². The quantitative estimate of drug-likeness (QED) is 0.876. The molecule has 2 aromatic rings. The van der Waals surface area contributed by atoms with Crippen molar-refractivity contribution >= 4 is 27.5 Å². The Labute approximate surface area is 127 Å². The number of halogens is 2. The average Bonchev–Trinajstić information content (AvgIpc) is 2.37. The van der Waals surface area contributed by atoms with Crippen LogP contribution in [0.15, 0.2) is 41.1 Å². The van der Waals surface area contributed by atoms with E-state index in [1.165, 1.54) is 11.1 Å². The molecule has 1 aromatic carbocycles. The summed E-state index contributed by atoms with van der Waals surface area (Å²) < 4.78 is 0.997. The zero-order chi connectivity index (χ0) is 13.8. The summed E-state index contributed by atoms with van der Waals surface area (Å²) in [5.74, 6) is 0. The van der Waals surface area contributed by atoms with Crippen LogP contribution < -0.4 is 5.32 Å². The van der Waals surface area contributed by atoms with Crippen LogP contribution in [0.5, 0.6) is 0 Å². The van der Waals surface area contributed by atoms with Crippen molar-refractivity contribution in [1.29, 1.82) is 0 Å². The van der Waals surface area contributed by atoms with Crippen molar-refractivity contribution in [2.24, 2.45) is 0 Å². The van der Waals surface area contributed by atoms with Crippen LogP contribution in [0.25, 0.3) is 0 Å². The highest BCUT2D eigenvalue weighted by molar-refractivity contribution is 9.10. The third kappa shape index (κ3) is 3.78. The lowest BCUT2D eigenvalue weighted by atomic mass is 10.1. The van der Waals surface area contributed by atoms with Gasteiger partial charge in [-0.05, 0) is 48.7 Å². The van der Waals surface area contributed by atoms with Crippen LogP contribution in [0.1, 0.15) is 29.7 Å². The summed E-state index contributed by atoms with van der Waals surface area (Å²) in [7, 11) is 0. The maximum Gasteiger partial charge on any atom is 0.0464 e. The Balaban J connectivity index is 2.05. The summed E-state index contributed by atoms with van der Waals surface area (Å²) in [5.41, 5.74) is 3.56. The largest absolute Gasteiger partial charge is 0.306 e. The van der Waals surface area contributed by atoms with Gasteiger partial charge in [-0.15, -0.1) is 0 Å². The van der Waals surface area contributed by atoms with Gasteiger partial charge in [-0.1, -0.05) is 33.6 Å². The lowest BCUT2D eigenvalue weighted by molar-refractivity contribution is 0.572. The van der Waals surface area contributed by atoms with E-state index in [4.69, 9.17) is 11.6 Å². The molecule has 4 heteroatoms. The number of aromatic nitrogens is 1. The molecule has 1 aromatic heterocycles. The first-order valence-electron chi connectivity index (χ1n) is 6.15. The summed E-state index contributed by atoms with van der Waals surface area (Å²) in [6.07, 6.45) is 3.71. The molecule has 0 bridgehead atoms. The van der Waals surface area contributed by atoms with Gasteiger partial charge in [-0.2, -0.15) is 0 Å². The highest BCUT2D eigenvalue weighted by atomic mass is 79.9. The standard InChI is InChI=1S/C15H16BrClN2/c1-10-5-6-18-8-12(10)9-19-11(2)14-4-3-13(16)7-15(14)17/h3-8,11,19H,9H2,1-2H3. The molecule has 0 fully saturated rings. The second kappa shape index (κ2) is 6.51. The molecule has 19 heavy (non-hydrogen) atoms. The van der Waals surface area contributed by atoms with Crippen LogP contribution in [0.3, 0.4) is 0 Å². The van der Waals surface area contributed by atoms with Crippen LogP contribution >= 0.6 is 27.5 Å². The van der Waals surface area contributed by atoms with Gasteiger partial charge in [0.25, 0.3) is 0 Å². The van der Waals surface area contributed by atoms with E-state index in [1.807, 2.05) is 36.7 Å². The molecule has 0 saturated heterocycles. The molecule has 0 amide bonds. The molecule has 0 spiro atoms. The predicted molar refractivity (Wildman–Crippen MR) is 83.4 cm³/mol. The van der Waals surface area contributed by atoms with Crippen molar-refractivity contribution in [3.8, 4) is 0 Å². The van der Waals surface area contributed by atoms with Gasteiger partial charge in [0, 0.05) is 34.5 Å². The molecule has 0 saturated carbocycles. The van der Waals surface area contributed by atoms with E-state index < -0.39 is 0 Å². The van der Waals surface area contributed by atoms with Crippen molar-refractivity contribution in [3.63, 3.8) is 0 Å². The van der Waals surface area contributed by atoms with Gasteiger partial charge in [-0.3, -0.25) is 4.98 Å².